The molecule has 0 saturated carbocycles. The molecule has 1 aromatic heterocycles. The van der Waals surface area contributed by atoms with Crippen LogP contribution < -0.4 is 5.73 Å². The molecule has 0 aliphatic carbocycles. The Balaban J connectivity index is 1.91. The van der Waals surface area contributed by atoms with Crippen LogP contribution in [0.3, 0.4) is 0 Å². The zero-order chi connectivity index (χ0) is 13.7. The third kappa shape index (κ3) is 4.86. The van der Waals surface area contributed by atoms with E-state index in [1.807, 2.05) is 37.4 Å². The van der Waals surface area contributed by atoms with Crippen LogP contribution in [-0.4, -0.2) is 11.0 Å². The van der Waals surface area contributed by atoms with E-state index in [1.54, 1.807) is 11.8 Å². The summed E-state index contributed by atoms with van der Waals surface area (Å²) < 4.78 is 0. The maximum Gasteiger partial charge on any atom is 0.0963 e. The number of halogens is 1. The van der Waals surface area contributed by atoms with E-state index in [4.69, 9.17) is 17.3 Å². The molecule has 2 rings (SSSR count). The third-order valence-corrected chi connectivity index (χ3v) is 3.92. The van der Waals surface area contributed by atoms with Crippen molar-refractivity contribution in [2.24, 2.45) is 5.73 Å². The predicted molar refractivity (Wildman–Crippen MR) is 82.6 cm³/mol. The molecule has 0 amide bonds. The lowest BCUT2D eigenvalue weighted by molar-refractivity contribution is 0.734. The molecule has 1 heterocycles. The average molecular weight is 293 g/mol. The van der Waals surface area contributed by atoms with Crippen molar-refractivity contribution in [3.8, 4) is 0 Å². The van der Waals surface area contributed by atoms with Gasteiger partial charge >= 0.3 is 0 Å². The van der Waals surface area contributed by atoms with E-state index in [1.165, 1.54) is 11.1 Å². The Hall–Kier alpha value is -1.03. The van der Waals surface area contributed by atoms with E-state index >= 15 is 0 Å². The Morgan fingerprint density at radius 1 is 1.16 bits per heavy atom. The molecule has 19 heavy (non-hydrogen) atoms. The van der Waals surface area contributed by atoms with Gasteiger partial charge in [-0.3, -0.25) is 0 Å². The summed E-state index contributed by atoms with van der Waals surface area (Å²) in [5.41, 5.74) is 8.20. The van der Waals surface area contributed by atoms with Crippen LogP contribution in [0, 0.1) is 0 Å². The van der Waals surface area contributed by atoms with Crippen LogP contribution >= 0.6 is 23.4 Å². The second-order valence-corrected chi connectivity index (χ2v) is 6.03. The Kier molecular flexibility index (Phi) is 5.25. The van der Waals surface area contributed by atoms with Crippen molar-refractivity contribution in [1.82, 2.24) is 4.98 Å². The van der Waals surface area contributed by atoms with E-state index in [-0.39, 0.29) is 6.04 Å². The van der Waals surface area contributed by atoms with Gasteiger partial charge < -0.3 is 5.73 Å². The summed E-state index contributed by atoms with van der Waals surface area (Å²) in [6.45, 7) is 2.00. The molecular formula is C15H17ClN2S. The van der Waals surface area contributed by atoms with E-state index in [9.17, 15) is 0 Å². The fourth-order valence-corrected chi connectivity index (χ4v) is 2.65. The van der Waals surface area contributed by atoms with Gasteiger partial charge in [-0.25, -0.2) is 4.98 Å². The van der Waals surface area contributed by atoms with Gasteiger partial charge in [0.2, 0.25) is 0 Å². The number of pyridine rings is 1. The molecule has 0 bridgehead atoms. The molecule has 0 saturated heterocycles. The fraction of sp³-hybridized carbons (Fsp3) is 0.267. The SMILES string of the molecule is CC(N)Cc1ccc(SCc2ccc(Cl)cc2)nc1. The molecule has 0 aliphatic heterocycles. The summed E-state index contributed by atoms with van der Waals surface area (Å²) in [5.74, 6) is 0.900. The van der Waals surface area contributed by atoms with Gasteiger partial charge in [0.15, 0.2) is 0 Å². The Morgan fingerprint density at radius 2 is 1.84 bits per heavy atom. The van der Waals surface area contributed by atoms with Crippen LogP contribution in [0.1, 0.15) is 18.1 Å². The normalized spacial score (nSPS) is 12.4. The summed E-state index contributed by atoms with van der Waals surface area (Å²) in [6.07, 6.45) is 2.78. The maximum absolute atomic E-state index is 5.86. The van der Waals surface area contributed by atoms with E-state index in [0.717, 1.165) is 22.2 Å². The van der Waals surface area contributed by atoms with Gasteiger partial charge in [-0.1, -0.05) is 29.8 Å². The molecule has 1 atom stereocenters. The van der Waals surface area contributed by atoms with Gasteiger partial charge in [0, 0.05) is 23.0 Å². The lowest BCUT2D eigenvalue weighted by atomic mass is 10.1. The molecule has 0 radical (unpaired) electrons. The highest BCUT2D eigenvalue weighted by atomic mass is 35.5. The lowest BCUT2D eigenvalue weighted by Crippen LogP contribution is -2.17. The summed E-state index contributed by atoms with van der Waals surface area (Å²) in [4.78, 5) is 4.45. The highest BCUT2D eigenvalue weighted by molar-refractivity contribution is 7.98. The predicted octanol–water partition coefficient (Wildman–Crippen LogP) is 3.92. The minimum atomic E-state index is 0.175. The first-order valence-electron chi connectivity index (χ1n) is 6.21. The molecule has 2 nitrogen and oxygen atoms in total. The van der Waals surface area contributed by atoms with Crippen LogP contribution in [0.2, 0.25) is 5.02 Å². The lowest BCUT2D eigenvalue weighted by Gasteiger charge is -2.06. The van der Waals surface area contributed by atoms with Crippen molar-refractivity contribution in [3.05, 3.63) is 58.7 Å². The Morgan fingerprint density at radius 3 is 2.42 bits per heavy atom. The molecule has 0 spiro atoms. The molecule has 0 aliphatic rings. The van der Waals surface area contributed by atoms with Crippen molar-refractivity contribution >= 4 is 23.4 Å². The summed E-state index contributed by atoms with van der Waals surface area (Å²) in [6, 6.07) is 12.2. The first-order valence-corrected chi connectivity index (χ1v) is 7.57. The Bertz CT molecular complexity index is 509. The molecule has 4 heteroatoms. The highest BCUT2D eigenvalue weighted by Crippen LogP contribution is 2.22. The molecule has 1 unspecified atom stereocenters. The molecular weight excluding hydrogens is 276 g/mol. The summed E-state index contributed by atoms with van der Waals surface area (Å²) >= 11 is 7.58. The largest absolute Gasteiger partial charge is 0.328 e. The van der Waals surface area contributed by atoms with E-state index < -0.39 is 0 Å². The van der Waals surface area contributed by atoms with Gasteiger partial charge in [0.05, 0.1) is 5.03 Å². The average Bonchev–Trinajstić information content (AvgIpc) is 2.39. The minimum absolute atomic E-state index is 0.175. The monoisotopic (exact) mass is 292 g/mol. The minimum Gasteiger partial charge on any atom is -0.328 e. The smallest absolute Gasteiger partial charge is 0.0963 e. The van der Waals surface area contributed by atoms with Crippen LogP contribution in [0.15, 0.2) is 47.6 Å². The fourth-order valence-electron chi connectivity index (χ4n) is 1.73. The maximum atomic E-state index is 5.86. The number of benzene rings is 1. The molecule has 100 valence electrons. The highest BCUT2D eigenvalue weighted by Gasteiger charge is 2.01. The van der Waals surface area contributed by atoms with Gasteiger partial charge in [-0.05, 0) is 42.7 Å². The number of hydrogen-bond acceptors (Lipinski definition) is 3. The van der Waals surface area contributed by atoms with Gasteiger partial charge in [-0.15, -0.1) is 11.8 Å². The number of rotatable bonds is 5. The van der Waals surface area contributed by atoms with Crippen molar-refractivity contribution < 1.29 is 0 Å². The Labute approximate surface area is 123 Å². The van der Waals surface area contributed by atoms with E-state index in [2.05, 4.69) is 17.1 Å². The van der Waals surface area contributed by atoms with E-state index in [0.29, 0.717) is 0 Å². The standard InChI is InChI=1S/C15H17ClN2S/c1-11(17)8-13-4-7-15(18-9-13)19-10-12-2-5-14(16)6-3-12/h2-7,9,11H,8,10,17H2,1H3. The molecule has 0 fully saturated rings. The van der Waals surface area contributed by atoms with Gasteiger partial charge in [-0.2, -0.15) is 0 Å². The summed E-state index contributed by atoms with van der Waals surface area (Å²) in [5, 5.41) is 1.80. The van der Waals surface area contributed by atoms with Crippen LogP contribution in [0.5, 0.6) is 0 Å². The number of thioether (sulfide) groups is 1. The van der Waals surface area contributed by atoms with Crippen LogP contribution in [0.4, 0.5) is 0 Å². The summed E-state index contributed by atoms with van der Waals surface area (Å²) in [7, 11) is 0. The number of hydrogen-bond donors (Lipinski definition) is 1. The first kappa shape index (κ1) is 14.4. The molecule has 1 aromatic carbocycles. The van der Waals surface area contributed by atoms with Crippen molar-refractivity contribution in [2.75, 3.05) is 0 Å². The van der Waals surface area contributed by atoms with Crippen LogP contribution in [0.25, 0.3) is 0 Å². The van der Waals surface area contributed by atoms with Crippen molar-refractivity contribution in [2.45, 2.75) is 30.2 Å². The molecule has 2 aromatic rings. The number of aromatic nitrogens is 1. The quantitative estimate of drug-likeness (QED) is 0.849. The van der Waals surface area contributed by atoms with Gasteiger partial charge in [0.25, 0.3) is 0 Å². The number of nitrogens with zero attached hydrogens (tertiary/aromatic N) is 1. The topological polar surface area (TPSA) is 38.9 Å². The molecule has 2 N–H and O–H groups in total. The second kappa shape index (κ2) is 6.94. The zero-order valence-electron chi connectivity index (χ0n) is 10.8. The number of nitrogens with two attached hydrogens (primary N) is 1. The third-order valence-electron chi connectivity index (χ3n) is 2.66. The second-order valence-electron chi connectivity index (χ2n) is 4.60. The van der Waals surface area contributed by atoms with Crippen LogP contribution in [-0.2, 0) is 12.2 Å². The zero-order valence-corrected chi connectivity index (χ0v) is 12.4. The first-order chi connectivity index (χ1) is 9.13. The van der Waals surface area contributed by atoms with Crippen molar-refractivity contribution in [3.63, 3.8) is 0 Å². The van der Waals surface area contributed by atoms with Gasteiger partial charge in [0.1, 0.15) is 0 Å². The van der Waals surface area contributed by atoms with Crippen molar-refractivity contribution in [1.29, 1.82) is 0 Å².